The molecule has 3 nitrogen and oxygen atoms in total. The molecule has 0 atom stereocenters. The summed E-state index contributed by atoms with van der Waals surface area (Å²) in [5.41, 5.74) is 3.10. The molecule has 0 unspecified atom stereocenters. The van der Waals surface area contributed by atoms with Crippen molar-refractivity contribution in [3.63, 3.8) is 0 Å². The van der Waals surface area contributed by atoms with Crippen molar-refractivity contribution in [2.24, 2.45) is 0 Å². The molecule has 4 rings (SSSR count). The second-order valence-electron chi connectivity index (χ2n) is 5.61. The molecule has 2 aromatic carbocycles. The van der Waals surface area contributed by atoms with Crippen LogP contribution in [0.3, 0.4) is 0 Å². The standard InChI is InChI=1S/C18H14N2OS3/c1-11-7-9-12(10-8-11)20-16(21)15(24-18(20)22)17-19(2)13-5-3-4-6-14(13)23-17/h3-10H,1-2H3/b17-15-. The van der Waals surface area contributed by atoms with Crippen molar-refractivity contribution in [3.05, 3.63) is 64.0 Å². The smallest absolute Gasteiger partial charge is 0.273 e. The number of para-hydroxylation sites is 1. The molecule has 2 heterocycles. The first-order valence-corrected chi connectivity index (χ1v) is 9.48. The molecule has 0 N–H and O–H groups in total. The van der Waals surface area contributed by atoms with E-state index in [0.29, 0.717) is 9.23 Å². The fourth-order valence-corrected chi connectivity index (χ4v) is 5.34. The van der Waals surface area contributed by atoms with Gasteiger partial charge in [-0.3, -0.25) is 9.69 Å². The number of thioether (sulfide) groups is 2. The van der Waals surface area contributed by atoms with Gasteiger partial charge in [0, 0.05) is 11.9 Å². The van der Waals surface area contributed by atoms with Gasteiger partial charge in [-0.15, -0.1) is 0 Å². The predicted octanol–water partition coefficient (Wildman–Crippen LogP) is 4.77. The Morgan fingerprint density at radius 1 is 1.00 bits per heavy atom. The van der Waals surface area contributed by atoms with Gasteiger partial charge < -0.3 is 4.90 Å². The van der Waals surface area contributed by atoms with E-state index in [9.17, 15) is 4.79 Å². The van der Waals surface area contributed by atoms with Crippen molar-refractivity contribution in [2.45, 2.75) is 11.8 Å². The summed E-state index contributed by atoms with van der Waals surface area (Å²) in [6.45, 7) is 2.03. The summed E-state index contributed by atoms with van der Waals surface area (Å²) in [7, 11) is 1.99. The zero-order valence-electron chi connectivity index (χ0n) is 13.1. The summed E-state index contributed by atoms with van der Waals surface area (Å²) >= 11 is 8.48. The number of carbonyl (C=O) groups excluding carboxylic acids is 1. The van der Waals surface area contributed by atoms with E-state index in [2.05, 4.69) is 17.0 Å². The molecule has 24 heavy (non-hydrogen) atoms. The average Bonchev–Trinajstić information content (AvgIpc) is 3.06. The Morgan fingerprint density at radius 2 is 1.71 bits per heavy atom. The molecule has 1 fully saturated rings. The summed E-state index contributed by atoms with van der Waals surface area (Å²) in [5.74, 6) is -0.0454. The third-order valence-corrected chi connectivity index (χ3v) is 6.72. The molecule has 6 heteroatoms. The number of aryl methyl sites for hydroxylation is 1. The van der Waals surface area contributed by atoms with E-state index in [4.69, 9.17) is 12.2 Å². The molecule has 2 aliphatic heterocycles. The highest BCUT2D eigenvalue weighted by Crippen LogP contribution is 2.50. The Kier molecular flexibility index (Phi) is 3.90. The number of carbonyl (C=O) groups is 1. The number of nitrogens with zero attached hydrogens (tertiary/aromatic N) is 2. The summed E-state index contributed by atoms with van der Waals surface area (Å²) < 4.78 is 0.580. The second kappa shape index (κ2) is 5.95. The van der Waals surface area contributed by atoms with E-state index in [1.54, 1.807) is 16.7 Å². The highest BCUT2D eigenvalue weighted by atomic mass is 32.2. The van der Waals surface area contributed by atoms with Gasteiger partial charge in [0.25, 0.3) is 5.91 Å². The quantitative estimate of drug-likeness (QED) is 0.531. The lowest BCUT2D eigenvalue weighted by Gasteiger charge is -2.16. The topological polar surface area (TPSA) is 23.6 Å². The predicted molar refractivity (Wildman–Crippen MR) is 107 cm³/mol. The zero-order chi connectivity index (χ0) is 16.8. The Labute approximate surface area is 154 Å². The normalized spacial score (nSPS) is 20.1. The lowest BCUT2D eigenvalue weighted by atomic mass is 10.2. The lowest BCUT2D eigenvalue weighted by molar-refractivity contribution is -0.113. The van der Waals surface area contributed by atoms with Gasteiger partial charge in [-0.1, -0.05) is 65.6 Å². The van der Waals surface area contributed by atoms with E-state index in [1.165, 1.54) is 11.8 Å². The third kappa shape index (κ3) is 2.46. The molecule has 0 bridgehead atoms. The van der Waals surface area contributed by atoms with Crippen molar-refractivity contribution in [3.8, 4) is 0 Å². The van der Waals surface area contributed by atoms with Gasteiger partial charge in [0.2, 0.25) is 0 Å². The first kappa shape index (κ1) is 15.7. The van der Waals surface area contributed by atoms with Crippen LogP contribution in [0.15, 0.2) is 63.4 Å². The van der Waals surface area contributed by atoms with E-state index in [1.807, 2.05) is 50.4 Å². The number of thiocarbonyl (C=S) groups is 1. The van der Waals surface area contributed by atoms with Crippen LogP contribution in [0.2, 0.25) is 0 Å². The third-order valence-electron chi connectivity index (χ3n) is 3.99. The van der Waals surface area contributed by atoms with Crippen LogP contribution in [0, 0.1) is 6.92 Å². The molecular weight excluding hydrogens is 356 g/mol. The fraction of sp³-hybridized carbons (Fsp3) is 0.111. The molecule has 0 aliphatic carbocycles. The maximum atomic E-state index is 13.0. The van der Waals surface area contributed by atoms with Crippen LogP contribution in [-0.4, -0.2) is 17.3 Å². The van der Waals surface area contributed by atoms with Crippen LogP contribution in [-0.2, 0) is 4.79 Å². The first-order chi connectivity index (χ1) is 11.6. The van der Waals surface area contributed by atoms with Crippen molar-refractivity contribution in [1.29, 1.82) is 0 Å². The van der Waals surface area contributed by atoms with E-state index in [0.717, 1.165) is 26.9 Å². The van der Waals surface area contributed by atoms with Gasteiger partial charge in [-0.25, -0.2) is 0 Å². The van der Waals surface area contributed by atoms with Gasteiger partial charge in [0.15, 0.2) is 4.32 Å². The SMILES string of the molecule is Cc1ccc(N2C(=O)/C(=C3/Sc4ccccc4N3C)SC2=S)cc1. The van der Waals surface area contributed by atoms with Crippen LogP contribution in [0.25, 0.3) is 0 Å². The molecule has 1 saturated heterocycles. The Morgan fingerprint density at radius 3 is 2.42 bits per heavy atom. The molecular formula is C18H14N2OS3. The summed E-state index contributed by atoms with van der Waals surface area (Å²) in [6, 6.07) is 16.0. The highest BCUT2D eigenvalue weighted by Gasteiger charge is 2.38. The molecule has 1 amide bonds. The monoisotopic (exact) mass is 370 g/mol. The summed E-state index contributed by atoms with van der Waals surface area (Å²) in [6.07, 6.45) is 0. The number of hydrogen-bond donors (Lipinski definition) is 0. The van der Waals surface area contributed by atoms with Crippen molar-refractivity contribution in [2.75, 3.05) is 16.8 Å². The maximum Gasteiger partial charge on any atom is 0.273 e. The molecule has 0 spiro atoms. The van der Waals surface area contributed by atoms with Gasteiger partial charge in [-0.2, -0.15) is 0 Å². The molecule has 2 aromatic rings. The van der Waals surface area contributed by atoms with Crippen molar-refractivity contribution < 1.29 is 4.79 Å². The zero-order valence-corrected chi connectivity index (χ0v) is 15.6. The number of amides is 1. The number of anilines is 2. The van der Waals surface area contributed by atoms with E-state index < -0.39 is 0 Å². The molecule has 0 aromatic heterocycles. The maximum absolute atomic E-state index is 13.0. The minimum atomic E-state index is -0.0454. The van der Waals surface area contributed by atoms with Crippen molar-refractivity contribution >= 4 is 57.3 Å². The Balaban J connectivity index is 1.73. The lowest BCUT2D eigenvalue weighted by Crippen LogP contribution is -2.28. The second-order valence-corrected chi connectivity index (χ2v) is 8.28. The number of rotatable bonds is 1. The van der Waals surface area contributed by atoms with Crippen LogP contribution >= 0.6 is 35.7 Å². The van der Waals surface area contributed by atoms with E-state index in [-0.39, 0.29) is 5.91 Å². The Hall–Kier alpha value is -1.76. The number of hydrogen-bond acceptors (Lipinski definition) is 5. The molecule has 2 aliphatic rings. The van der Waals surface area contributed by atoms with Crippen molar-refractivity contribution in [1.82, 2.24) is 0 Å². The van der Waals surface area contributed by atoms with Crippen LogP contribution in [0.5, 0.6) is 0 Å². The van der Waals surface area contributed by atoms with E-state index >= 15 is 0 Å². The van der Waals surface area contributed by atoms with Gasteiger partial charge in [-0.05, 0) is 31.2 Å². The Bertz CT molecular complexity index is 889. The minimum absolute atomic E-state index is 0.0454. The van der Waals surface area contributed by atoms with Gasteiger partial charge in [0.1, 0.15) is 4.91 Å². The molecule has 120 valence electrons. The summed E-state index contributed by atoms with van der Waals surface area (Å²) in [4.78, 5) is 18.6. The van der Waals surface area contributed by atoms with Gasteiger partial charge in [0.05, 0.1) is 16.4 Å². The number of fused-ring (bicyclic) bond motifs is 1. The van der Waals surface area contributed by atoms with Crippen LogP contribution in [0.4, 0.5) is 11.4 Å². The fourth-order valence-electron chi connectivity index (χ4n) is 2.71. The minimum Gasteiger partial charge on any atom is -0.337 e. The highest BCUT2D eigenvalue weighted by molar-refractivity contribution is 8.27. The van der Waals surface area contributed by atoms with Crippen LogP contribution in [0.1, 0.15) is 5.56 Å². The molecule has 0 saturated carbocycles. The molecule has 0 radical (unpaired) electrons. The summed E-state index contributed by atoms with van der Waals surface area (Å²) in [5, 5.41) is 0.947. The van der Waals surface area contributed by atoms with Gasteiger partial charge >= 0.3 is 0 Å². The number of benzene rings is 2. The average molecular weight is 371 g/mol. The largest absolute Gasteiger partial charge is 0.337 e. The van der Waals surface area contributed by atoms with Crippen LogP contribution < -0.4 is 9.80 Å². The first-order valence-electron chi connectivity index (χ1n) is 7.44.